The molecule has 0 saturated carbocycles. The molecule has 1 heterocycles. The quantitative estimate of drug-likeness (QED) is 0.557. The van der Waals surface area contributed by atoms with Crippen molar-refractivity contribution in [3.05, 3.63) is 59.7 Å². The van der Waals surface area contributed by atoms with E-state index in [-0.39, 0.29) is 18.6 Å². The van der Waals surface area contributed by atoms with E-state index in [9.17, 15) is 9.59 Å². The Morgan fingerprint density at radius 1 is 1.07 bits per heavy atom. The van der Waals surface area contributed by atoms with E-state index in [4.69, 9.17) is 9.47 Å². The number of ether oxygens (including phenoxy) is 2. The molecule has 4 N–H and O–H groups in total. The van der Waals surface area contributed by atoms with Crippen LogP contribution in [0.25, 0.3) is 0 Å². The Labute approximate surface area is 163 Å². The topological polar surface area (TPSA) is 101 Å². The number of amides is 2. The molecule has 148 valence electrons. The fraction of sp³-hybridized carbons (Fsp3) is 0.300. The lowest BCUT2D eigenvalue weighted by molar-refractivity contribution is -0.130. The molecule has 8 heteroatoms. The third-order valence-electron chi connectivity index (χ3n) is 4.42. The van der Waals surface area contributed by atoms with Gasteiger partial charge < -0.3 is 9.47 Å². The summed E-state index contributed by atoms with van der Waals surface area (Å²) in [6.45, 7) is 1.69. The van der Waals surface area contributed by atoms with Gasteiger partial charge in [0.15, 0.2) is 18.1 Å². The van der Waals surface area contributed by atoms with Gasteiger partial charge in [-0.25, -0.2) is 10.9 Å². The molecule has 0 aliphatic carbocycles. The van der Waals surface area contributed by atoms with Gasteiger partial charge in [0, 0.05) is 6.04 Å². The number of carbonyl (C=O) groups excluding carboxylic acids is 2. The second-order valence-electron chi connectivity index (χ2n) is 6.52. The number of aryl methyl sites for hydroxylation is 1. The lowest BCUT2D eigenvalue weighted by Crippen LogP contribution is -2.51. The number of carbonyl (C=O) groups is 2. The fourth-order valence-electron chi connectivity index (χ4n) is 2.92. The van der Waals surface area contributed by atoms with E-state index in [1.807, 2.05) is 49.4 Å². The number of hydrogen-bond acceptors (Lipinski definition) is 6. The molecule has 1 saturated heterocycles. The Bertz CT molecular complexity index is 828. The van der Waals surface area contributed by atoms with E-state index >= 15 is 0 Å². The van der Waals surface area contributed by atoms with Crippen LogP contribution < -0.4 is 31.2 Å². The van der Waals surface area contributed by atoms with Crippen molar-refractivity contribution in [2.75, 3.05) is 13.7 Å². The van der Waals surface area contributed by atoms with Crippen LogP contribution in [0.3, 0.4) is 0 Å². The summed E-state index contributed by atoms with van der Waals surface area (Å²) in [5, 5.41) is 0. The van der Waals surface area contributed by atoms with Gasteiger partial charge in [0.2, 0.25) is 0 Å². The normalized spacial score (nSPS) is 18.4. The van der Waals surface area contributed by atoms with E-state index in [2.05, 4.69) is 21.7 Å². The summed E-state index contributed by atoms with van der Waals surface area (Å²) in [6.07, 6.45) is 0.572. The predicted molar refractivity (Wildman–Crippen MR) is 103 cm³/mol. The third-order valence-corrected chi connectivity index (χ3v) is 4.42. The maximum absolute atomic E-state index is 12.2. The van der Waals surface area contributed by atoms with Crippen LogP contribution in [0.1, 0.15) is 23.6 Å². The van der Waals surface area contributed by atoms with Crippen LogP contribution in [0.5, 0.6) is 11.5 Å². The first-order chi connectivity index (χ1) is 13.6. The highest BCUT2D eigenvalue weighted by molar-refractivity contribution is 5.86. The average Bonchev–Trinajstić information content (AvgIpc) is 3.22. The fourth-order valence-corrected chi connectivity index (χ4v) is 2.92. The van der Waals surface area contributed by atoms with Crippen molar-refractivity contribution < 1.29 is 19.1 Å². The molecule has 1 aliphatic heterocycles. The van der Waals surface area contributed by atoms with Crippen molar-refractivity contribution in [3.8, 4) is 11.5 Å². The molecule has 28 heavy (non-hydrogen) atoms. The molecule has 0 aromatic heterocycles. The summed E-state index contributed by atoms with van der Waals surface area (Å²) in [4.78, 5) is 24.2. The number of methoxy groups -OCH3 is 1. The molecular weight excluding hydrogens is 360 g/mol. The lowest BCUT2D eigenvalue weighted by atomic mass is 10.0. The third kappa shape index (κ3) is 4.99. The van der Waals surface area contributed by atoms with Crippen molar-refractivity contribution in [3.63, 3.8) is 0 Å². The molecule has 1 aliphatic rings. The highest BCUT2D eigenvalue weighted by Gasteiger charge is 2.30. The molecule has 8 nitrogen and oxygen atoms in total. The maximum Gasteiger partial charge on any atom is 0.276 e. The van der Waals surface area contributed by atoms with Crippen LogP contribution in [-0.4, -0.2) is 31.6 Å². The zero-order valence-corrected chi connectivity index (χ0v) is 15.8. The zero-order chi connectivity index (χ0) is 19.9. The molecule has 2 atom stereocenters. The van der Waals surface area contributed by atoms with Crippen LogP contribution in [0.2, 0.25) is 0 Å². The van der Waals surface area contributed by atoms with Gasteiger partial charge in [-0.1, -0.05) is 36.4 Å². The number of benzene rings is 2. The second kappa shape index (κ2) is 9.20. The van der Waals surface area contributed by atoms with Crippen LogP contribution in [0.15, 0.2) is 48.5 Å². The molecule has 1 fully saturated rings. The minimum absolute atomic E-state index is 0.0324. The average molecular weight is 384 g/mol. The Hall–Kier alpha value is -3.10. The standard InChI is InChI=1S/C20H24N4O4/c1-13-8-9-17(18(10-13)27-2)28-12-19(25)23-24-20(26)16-11-15(21-22-16)14-6-4-3-5-7-14/h3-10,15-16,21-22H,11-12H2,1-2H3,(H,23,25)(H,24,26). The first-order valence-corrected chi connectivity index (χ1v) is 8.99. The maximum atomic E-state index is 12.2. The monoisotopic (exact) mass is 384 g/mol. The smallest absolute Gasteiger partial charge is 0.276 e. The first-order valence-electron chi connectivity index (χ1n) is 8.99. The van der Waals surface area contributed by atoms with Crippen molar-refractivity contribution in [1.29, 1.82) is 0 Å². The van der Waals surface area contributed by atoms with E-state index in [1.165, 1.54) is 7.11 Å². The van der Waals surface area contributed by atoms with E-state index in [0.717, 1.165) is 11.1 Å². The van der Waals surface area contributed by atoms with Crippen LogP contribution in [0.4, 0.5) is 0 Å². The van der Waals surface area contributed by atoms with E-state index < -0.39 is 11.9 Å². The number of nitrogens with one attached hydrogen (secondary N) is 4. The van der Waals surface area contributed by atoms with Gasteiger partial charge >= 0.3 is 0 Å². The molecule has 2 aromatic carbocycles. The van der Waals surface area contributed by atoms with Gasteiger partial charge in [0.1, 0.15) is 6.04 Å². The molecule has 0 radical (unpaired) electrons. The highest BCUT2D eigenvalue weighted by Crippen LogP contribution is 2.27. The van der Waals surface area contributed by atoms with E-state index in [1.54, 1.807) is 6.07 Å². The largest absolute Gasteiger partial charge is 0.493 e. The van der Waals surface area contributed by atoms with Gasteiger partial charge in [-0.2, -0.15) is 0 Å². The minimum atomic E-state index is -0.471. The minimum Gasteiger partial charge on any atom is -0.493 e. The first kappa shape index (κ1) is 19.7. The number of rotatable bonds is 6. The molecule has 0 spiro atoms. The highest BCUT2D eigenvalue weighted by atomic mass is 16.5. The Kier molecular flexibility index (Phi) is 6.46. The molecule has 3 rings (SSSR count). The second-order valence-corrected chi connectivity index (χ2v) is 6.52. The Morgan fingerprint density at radius 3 is 2.61 bits per heavy atom. The Morgan fingerprint density at radius 2 is 1.86 bits per heavy atom. The lowest BCUT2D eigenvalue weighted by Gasteiger charge is -2.13. The molecule has 2 unspecified atom stereocenters. The van der Waals surface area contributed by atoms with Gasteiger partial charge in [0.05, 0.1) is 7.11 Å². The van der Waals surface area contributed by atoms with Crippen molar-refractivity contribution in [1.82, 2.24) is 21.7 Å². The van der Waals surface area contributed by atoms with Crippen molar-refractivity contribution >= 4 is 11.8 Å². The zero-order valence-electron chi connectivity index (χ0n) is 15.8. The van der Waals surface area contributed by atoms with Gasteiger partial charge in [-0.15, -0.1) is 0 Å². The summed E-state index contributed by atoms with van der Waals surface area (Å²) in [7, 11) is 1.53. The van der Waals surface area contributed by atoms with Gasteiger partial charge in [0.25, 0.3) is 11.8 Å². The molecule has 2 aromatic rings. The van der Waals surface area contributed by atoms with Crippen LogP contribution in [0, 0.1) is 6.92 Å². The summed E-state index contributed by atoms with van der Waals surface area (Å²) in [6, 6.07) is 14.8. The number of hydrazine groups is 2. The van der Waals surface area contributed by atoms with Crippen molar-refractivity contribution in [2.45, 2.75) is 25.4 Å². The van der Waals surface area contributed by atoms with Crippen LogP contribution in [-0.2, 0) is 9.59 Å². The van der Waals surface area contributed by atoms with Gasteiger partial charge in [-0.3, -0.25) is 20.4 Å². The molecular formula is C20H24N4O4. The SMILES string of the molecule is COc1cc(C)ccc1OCC(=O)NNC(=O)C1CC(c2ccccc2)NN1. The van der Waals surface area contributed by atoms with Crippen molar-refractivity contribution in [2.24, 2.45) is 0 Å². The summed E-state index contributed by atoms with van der Waals surface area (Å²) in [5.41, 5.74) is 12.9. The predicted octanol–water partition coefficient (Wildman–Crippen LogP) is 1.14. The summed E-state index contributed by atoms with van der Waals surface area (Å²) < 4.78 is 10.7. The van der Waals surface area contributed by atoms with Gasteiger partial charge in [-0.05, 0) is 36.6 Å². The summed E-state index contributed by atoms with van der Waals surface area (Å²) >= 11 is 0. The number of hydrogen-bond donors (Lipinski definition) is 4. The molecule has 0 bridgehead atoms. The summed E-state index contributed by atoms with van der Waals surface area (Å²) in [5.74, 6) is 0.209. The van der Waals surface area contributed by atoms with E-state index in [0.29, 0.717) is 17.9 Å². The molecule has 2 amide bonds. The Balaban J connectivity index is 1.43. The van der Waals surface area contributed by atoms with Crippen LogP contribution >= 0.6 is 0 Å².